The van der Waals surface area contributed by atoms with Crippen LogP contribution in [0.3, 0.4) is 0 Å². The number of aromatic nitrogens is 2. The molecule has 0 saturated carbocycles. The number of nitrogens with two attached hydrogens (primary N) is 1. The molecule has 1 rings (SSSR count). The van der Waals surface area contributed by atoms with E-state index in [0.29, 0.717) is 18.2 Å². The molecule has 0 bridgehead atoms. The molecule has 0 aliphatic rings. The molecule has 1 aromatic rings. The van der Waals surface area contributed by atoms with Crippen molar-refractivity contribution >= 4 is 11.6 Å². The number of hydrogen-bond donors (Lipinski definition) is 1. The van der Waals surface area contributed by atoms with E-state index < -0.39 is 0 Å². The number of methoxy groups -OCH3 is 2. The van der Waals surface area contributed by atoms with Crippen LogP contribution < -0.4 is 5.73 Å². The molecular formula is C11H20ClN3O2. The van der Waals surface area contributed by atoms with Gasteiger partial charge in [0.05, 0.1) is 42.2 Å². The van der Waals surface area contributed by atoms with Gasteiger partial charge in [-0.1, -0.05) is 18.5 Å². The molecule has 2 unspecified atom stereocenters. The van der Waals surface area contributed by atoms with E-state index in [9.17, 15) is 0 Å². The van der Waals surface area contributed by atoms with Crippen molar-refractivity contribution in [2.24, 2.45) is 5.73 Å². The summed E-state index contributed by atoms with van der Waals surface area (Å²) in [7, 11) is 3.30. The Morgan fingerprint density at radius 3 is 2.76 bits per heavy atom. The minimum atomic E-state index is -0.281. The van der Waals surface area contributed by atoms with Gasteiger partial charge in [0.1, 0.15) is 0 Å². The summed E-state index contributed by atoms with van der Waals surface area (Å²) in [6, 6.07) is -0.281. The topological polar surface area (TPSA) is 62.3 Å². The number of hydrogen-bond acceptors (Lipinski definition) is 4. The lowest BCUT2D eigenvalue weighted by atomic mass is 10.1. The van der Waals surface area contributed by atoms with Gasteiger partial charge in [0.15, 0.2) is 0 Å². The molecule has 0 aromatic carbocycles. The van der Waals surface area contributed by atoms with Crippen molar-refractivity contribution in [3.63, 3.8) is 0 Å². The highest BCUT2D eigenvalue weighted by Crippen LogP contribution is 2.25. The monoisotopic (exact) mass is 261 g/mol. The van der Waals surface area contributed by atoms with Gasteiger partial charge in [0.25, 0.3) is 0 Å². The number of nitrogens with zero attached hydrogens (tertiary/aromatic N) is 2. The van der Waals surface area contributed by atoms with Crippen LogP contribution in [0.15, 0.2) is 6.20 Å². The SMILES string of the molecule is CCC(OC)C(N)c1c(Cl)cnn1CCOC. The maximum Gasteiger partial charge on any atom is 0.0835 e. The molecule has 0 radical (unpaired) electrons. The van der Waals surface area contributed by atoms with Crippen molar-refractivity contribution < 1.29 is 9.47 Å². The zero-order valence-electron chi connectivity index (χ0n) is 10.5. The number of ether oxygens (including phenoxy) is 2. The van der Waals surface area contributed by atoms with Crippen molar-refractivity contribution in [1.82, 2.24) is 9.78 Å². The van der Waals surface area contributed by atoms with Crippen LogP contribution in [0, 0.1) is 0 Å². The van der Waals surface area contributed by atoms with Crippen LogP contribution in [-0.2, 0) is 16.0 Å². The molecule has 1 aromatic heterocycles. The molecule has 2 N–H and O–H groups in total. The summed E-state index contributed by atoms with van der Waals surface area (Å²) in [5.41, 5.74) is 6.97. The van der Waals surface area contributed by atoms with Crippen LogP contribution >= 0.6 is 11.6 Å². The highest BCUT2D eigenvalue weighted by Gasteiger charge is 2.24. The predicted octanol–water partition coefficient (Wildman–Crippen LogP) is 1.61. The first-order valence-electron chi connectivity index (χ1n) is 5.64. The van der Waals surface area contributed by atoms with E-state index >= 15 is 0 Å². The van der Waals surface area contributed by atoms with E-state index in [-0.39, 0.29) is 12.1 Å². The molecule has 0 spiro atoms. The summed E-state index contributed by atoms with van der Waals surface area (Å²) in [5.74, 6) is 0. The average Bonchev–Trinajstić information content (AvgIpc) is 2.69. The summed E-state index contributed by atoms with van der Waals surface area (Å²) >= 11 is 6.12. The Hall–Kier alpha value is -0.620. The fourth-order valence-electron chi connectivity index (χ4n) is 1.80. The maximum absolute atomic E-state index is 6.17. The summed E-state index contributed by atoms with van der Waals surface area (Å²) in [5, 5.41) is 4.77. The molecule has 5 nitrogen and oxygen atoms in total. The molecule has 0 saturated heterocycles. The van der Waals surface area contributed by atoms with E-state index in [1.54, 1.807) is 25.1 Å². The maximum atomic E-state index is 6.17. The minimum Gasteiger partial charge on any atom is -0.383 e. The van der Waals surface area contributed by atoms with Gasteiger partial charge in [0, 0.05) is 14.2 Å². The van der Waals surface area contributed by atoms with Crippen molar-refractivity contribution in [3.05, 3.63) is 16.9 Å². The Bertz CT molecular complexity index is 339. The van der Waals surface area contributed by atoms with Crippen molar-refractivity contribution in [1.29, 1.82) is 0 Å². The normalized spacial score (nSPS) is 14.9. The Morgan fingerprint density at radius 1 is 1.53 bits per heavy atom. The lowest BCUT2D eigenvalue weighted by Gasteiger charge is -2.22. The summed E-state index contributed by atoms with van der Waals surface area (Å²) < 4.78 is 12.1. The molecule has 0 aliphatic carbocycles. The molecule has 6 heteroatoms. The van der Waals surface area contributed by atoms with Crippen LogP contribution in [-0.4, -0.2) is 36.7 Å². The second-order valence-corrected chi connectivity index (χ2v) is 4.21. The third-order valence-electron chi connectivity index (χ3n) is 2.76. The van der Waals surface area contributed by atoms with Crippen molar-refractivity contribution in [2.75, 3.05) is 20.8 Å². The van der Waals surface area contributed by atoms with E-state index in [0.717, 1.165) is 12.1 Å². The quantitative estimate of drug-likeness (QED) is 0.810. The molecule has 98 valence electrons. The second kappa shape index (κ2) is 6.96. The molecule has 0 amide bonds. The molecule has 1 heterocycles. The Balaban J connectivity index is 2.90. The van der Waals surface area contributed by atoms with Gasteiger partial charge in [-0.25, -0.2) is 0 Å². The van der Waals surface area contributed by atoms with E-state index in [4.69, 9.17) is 26.8 Å². The van der Waals surface area contributed by atoms with Crippen LogP contribution in [0.2, 0.25) is 5.02 Å². The standard InChI is InChI=1S/C11H20ClN3O2/c1-4-9(17-3)10(13)11-8(12)7-14-15(11)5-6-16-2/h7,9-10H,4-6,13H2,1-3H3. The smallest absolute Gasteiger partial charge is 0.0835 e. The second-order valence-electron chi connectivity index (χ2n) is 3.80. The average molecular weight is 262 g/mol. The zero-order chi connectivity index (χ0) is 12.8. The van der Waals surface area contributed by atoms with Crippen molar-refractivity contribution in [2.45, 2.75) is 32.0 Å². The molecule has 17 heavy (non-hydrogen) atoms. The third-order valence-corrected chi connectivity index (χ3v) is 3.05. The Kier molecular flexibility index (Phi) is 5.91. The van der Waals surface area contributed by atoms with Crippen LogP contribution in [0.5, 0.6) is 0 Å². The van der Waals surface area contributed by atoms with Gasteiger partial charge < -0.3 is 15.2 Å². The molecular weight excluding hydrogens is 242 g/mol. The van der Waals surface area contributed by atoms with Crippen LogP contribution in [0.4, 0.5) is 0 Å². The Morgan fingerprint density at radius 2 is 2.24 bits per heavy atom. The molecule has 0 aliphatic heterocycles. The van der Waals surface area contributed by atoms with Crippen LogP contribution in [0.1, 0.15) is 25.1 Å². The van der Waals surface area contributed by atoms with Gasteiger partial charge in [-0.3, -0.25) is 4.68 Å². The minimum absolute atomic E-state index is 0.0644. The summed E-state index contributed by atoms with van der Waals surface area (Å²) in [4.78, 5) is 0. The van der Waals surface area contributed by atoms with E-state index in [1.165, 1.54) is 0 Å². The highest BCUT2D eigenvalue weighted by molar-refractivity contribution is 6.31. The van der Waals surface area contributed by atoms with E-state index in [2.05, 4.69) is 5.10 Å². The third kappa shape index (κ3) is 3.42. The lowest BCUT2D eigenvalue weighted by Crippen LogP contribution is -2.30. The summed E-state index contributed by atoms with van der Waals surface area (Å²) in [6.07, 6.45) is 2.36. The summed E-state index contributed by atoms with van der Waals surface area (Å²) in [6.45, 7) is 3.23. The van der Waals surface area contributed by atoms with Crippen molar-refractivity contribution in [3.8, 4) is 0 Å². The van der Waals surface area contributed by atoms with Gasteiger partial charge in [-0.05, 0) is 6.42 Å². The van der Waals surface area contributed by atoms with E-state index in [1.807, 2.05) is 6.92 Å². The largest absolute Gasteiger partial charge is 0.383 e. The highest BCUT2D eigenvalue weighted by atomic mass is 35.5. The fourth-order valence-corrected chi connectivity index (χ4v) is 2.07. The first kappa shape index (κ1) is 14.4. The lowest BCUT2D eigenvalue weighted by molar-refractivity contribution is 0.0739. The molecule has 2 atom stereocenters. The predicted molar refractivity (Wildman–Crippen MR) is 67.1 cm³/mol. The van der Waals surface area contributed by atoms with Gasteiger partial charge in [-0.15, -0.1) is 0 Å². The number of halogens is 1. The van der Waals surface area contributed by atoms with Gasteiger partial charge in [0.2, 0.25) is 0 Å². The number of rotatable bonds is 7. The first-order chi connectivity index (χ1) is 8.15. The Labute approximate surface area is 107 Å². The van der Waals surface area contributed by atoms with Gasteiger partial charge in [-0.2, -0.15) is 5.10 Å². The molecule has 0 fully saturated rings. The first-order valence-corrected chi connectivity index (χ1v) is 6.02. The van der Waals surface area contributed by atoms with Gasteiger partial charge >= 0.3 is 0 Å². The van der Waals surface area contributed by atoms with Crippen LogP contribution in [0.25, 0.3) is 0 Å². The fraction of sp³-hybridized carbons (Fsp3) is 0.727. The zero-order valence-corrected chi connectivity index (χ0v) is 11.3.